The minimum atomic E-state index is -5.05. The number of nitrogens with zero attached hydrogens (tertiary/aromatic N) is 1. The van der Waals surface area contributed by atoms with Crippen molar-refractivity contribution in [2.75, 3.05) is 20.3 Å². The fraction of sp³-hybridized carbons (Fsp3) is 0.800. The normalized spacial score (nSPS) is 12.2. The molecule has 5 nitrogen and oxygen atoms in total. The molecule has 0 spiro atoms. The molecule has 0 bridgehead atoms. The van der Waals surface area contributed by atoms with Crippen molar-refractivity contribution in [3.8, 4) is 0 Å². The van der Waals surface area contributed by atoms with E-state index >= 15 is 0 Å². The maximum Gasteiger partial charge on any atom is 0.471 e. The van der Waals surface area contributed by atoms with Gasteiger partial charge in [-0.15, -0.1) is 0 Å². The van der Waals surface area contributed by atoms with Gasteiger partial charge in [-0.1, -0.05) is 0 Å². The van der Waals surface area contributed by atoms with E-state index in [1.54, 1.807) is 0 Å². The summed E-state index contributed by atoms with van der Waals surface area (Å²) in [6.07, 6.45) is -5.43. The quantitative estimate of drug-likeness (QED) is 0.748. The first-order valence-electron chi connectivity index (χ1n) is 5.12. The van der Waals surface area contributed by atoms with Gasteiger partial charge in [-0.3, -0.25) is 9.59 Å². The molecular weight excluding hydrogens is 255 g/mol. The topological polar surface area (TPSA) is 66.8 Å². The number of methoxy groups -OCH3 is 1. The predicted octanol–water partition coefficient (Wildman–Crippen LogP) is 0.711. The van der Waals surface area contributed by atoms with Gasteiger partial charge in [0.15, 0.2) is 0 Å². The number of carbonyl (C=O) groups is 2. The summed E-state index contributed by atoms with van der Waals surface area (Å²) in [5, 5.41) is 9.02. The van der Waals surface area contributed by atoms with Crippen LogP contribution in [0.15, 0.2) is 0 Å². The van der Waals surface area contributed by atoms with E-state index in [0.29, 0.717) is 4.90 Å². The van der Waals surface area contributed by atoms with Crippen molar-refractivity contribution in [1.82, 2.24) is 4.90 Å². The highest BCUT2D eigenvalue weighted by Gasteiger charge is 2.46. The lowest BCUT2D eigenvalue weighted by Gasteiger charge is -2.37. The number of esters is 1. The monoisotopic (exact) mass is 271 g/mol. The summed E-state index contributed by atoms with van der Waals surface area (Å²) < 4.78 is 41.4. The molecule has 0 rings (SSSR count). The number of aliphatic hydroxyl groups excluding tert-OH is 1. The molecule has 0 saturated carbocycles. The molecule has 0 aromatic carbocycles. The van der Waals surface area contributed by atoms with E-state index < -0.39 is 36.7 Å². The summed E-state index contributed by atoms with van der Waals surface area (Å²) in [4.78, 5) is 22.5. The van der Waals surface area contributed by atoms with Crippen LogP contribution >= 0.6 is 0 Å². The highest BCUT2D eigenvalue weighted by Crippen LogP contribution is 2.24. The molecule has 0 radical (unpaired) electrons. The first-order valence-corrected chi connectivity index (χ1v) is 5.12. The van der Waals surface area contributed by atoms with Gasteiger partial charge in [-0.2, -0.15) is 13.2 Å². The Morgan fingerprint density at radius 2 is 1.78 bits per heavy atom. The summed E-state index contributed by atoms with van der Waals surface area (Å²) in [5.41, 5.74) is -1.42. The minimum absolute atomic E-state index is 0.373. The molecule has 0 fully saturated rings. The number of halogens is 3. The number of hydrogen-bond acceptors (Lipinski definition) is 4. The van der Waals surface area contributed by atoms with E-state index in [1.165, 1.54) is 13.8 Å². The molecule has 18 heavy (non-hydrogen) atoms. The van der Waals surface area contributed by atoms with E-state index in [9.17, 15) is 22.8 Å². The summed E-state index contributed by atoms with van der Waals surface area (Å²) in [6, 6.07) is 0. The lowest BCUT2D eigenvalue weighted by atomic mass is 10.0. The van der Waals surface area contributed by atoms with Crippen LogP contribution in [0.5, 0.6) is 0 Å². The highest BCUT2D eigenvalue weighted by molar-refractivity contribution is 5.83. The maximum absolute atomic E-state index is 12.4. The van der Waals surface area contributed by atoms with Crippen molar-refractivity contribution in [2.24, 2.45) is 0 Å². The summed E-state index contributed by atoms with van der Waals surface area (Å²) in [7, 11) is 1.09. The lowest BCUT2D eigenvalue weighted by molar-refractivity contribution is -0.192. The Bertz CT molecular complexity index is 315. The van der Waals surface area contributed by atoms with E-state index in [-0.39, 0.29) is 6.42 Å². The van der Waals surface area contributed by atoms with Gasteiger partial charge in [0, 0.05) is 6.54 Å². The second-order valence-corrected chi connectivity index (χ2v) is 4.25. The van der Waals surface area contributed by atoms with Crippen LogP contribution in [0.4, 0.5) is 13.2 Å². The van der Waals surface area contributed by atoms with Crippen molar-refractivity contribution in [2.45, 2.75) is 32.0 Å². The van der Waals surface area contributed by atoms with E-state index in [0.717, 1.165) is 7.11 Å². The molecule has 0 unspecified atom stereocenters. The van der Waals surface area contributed by atoms with E-state index in [1.807, 2.05) is 0 Å². The molecule has 0 aliphatic rings. The minimum Gasteiger partial charge on any atom is -0.469 e. The van der Waals surface area contributed by atoms with Gasteiger partial charge >= 0.3 is 18.1 Å². The SMILES string of the molecule is COC(=O)CCN(C(=O)C(F)(F)F)C(C)(C)CO. The maximum atomic E-state index is 12.4. The average molecular weight is 271 g/mol. The van der Waals surface area contributed by atoms with Crippen molar-refractivity contribution < 1.29 is 32.6 Å². The lowest BCUT2D eigenvalue weighted by Crippen LogP contribution is -2.55. The first-order chi connectivity index (χ1) is 8.06. The fourth-order valence-corrected chi connectivity index (χ4v) is 1.22. The number of carbonyl (C=O) groups excluding carboxylic acids is 2. The largest absolute Gasteiger partial charge is 0.471 e. The molecule has 0 heterocycles. The third kappa shape index (κ3) is 4.52. The summed E-state index contributed by atoms with van der Waals surface area (Å²) >= 11 is 0. The van der Waals surface area contributed by atoms with Crippen LogP contribution in [-0.2, 0) is 14.3 Å². The smallest absolute Gasteiger partial charge is 0.469 e. The van der Waals surface area contributed by atoms with Crippen LogP contribution < -0.4 is 0 Å². The second-order valence-electron chi connectivity index (χ2n) is 4.25. The third-order valence-corrected chi connectivity index (χ3v) is 2.37. The van der Waals surface area contributed by atoms with Gasteiger partial charge in [0.05, 0.1) is 25.7 Å². The summed E-state index contributed by atoms with van der Waals surface area (Å²) in [5.74, 6) is -2.82. The van der Waals surface area contributed by atoms with Crippen LogP contribution in [0, 0.1) is 0 Å². The number of rotatable bonds is 5. The zero-order valence-corrected chi connectivity index (χ0v) is 10.4. The Kier molecular flexibility index (Phi) is 5.59. The Morgan fingerprint density at radius 1 is 1.28 bits per heavy atom. The van der Waals surface area contributed by atoms with Crippen molar-refractivity contribution in [3.63, 3.8) is 0 Å². The molecular formula is C10H16F3NO4. The van der Waals surface area contributed by atoms with Gasteiger partial charge in [0.2, 0.25) is 0 Å². The predicted molar refractivity (Wildman–Crippen MR) is 55.6 cm³/mol. The number of ether oxygens (including phenoxy) is 1. The van der Waals surface area contributed by atoms with Gasteiger partial charge in [0.1, 0.15) is 0 Å². The van der Waals surface area contributed by atoms with Gasteiger partial charge in [-0.25, -0.2) is 0 Å². The van der Waals surface area contributed by atoms with E-state index in [2.05, 4.69) is 4.74 Å². The molecule has 106 valence electrons. The highest BCUT2D eigenvalue weighted by atomic mass is 19.4. The number of amides is 1. The zero-order chi connectivity index (χ0) is 14.6. The number of hydrogen-bond donors (Lipinski definition) is 1. The Hall–Kier alpha value is -1.31. The van der Waals surface area contributed by atoms with Gasteiger partial charge < -0.3 is 14.7 Å². The van der Waals surface area contributed by atoms with Gasteiger partial charge in [0.25, 0.3) is 0 Å². The van der Waals surface area contributed by atoms with Crippen molar-refractivity contribution in [3.05, 3.63) is 0 Å². The Balaban J connectivity index is 4.97. The van der Waals surface area contributed by atoms with Crippen molar-refractivity contribution >= 4 is 11.9 Å². The molecule has 8 heteroatoms. The molecule has 0 aromatic heterocycles. The standard InChI is InChI=1S/C10H16F3NO4/c1-9(2,6-15)14(5-4-7(16)18-3)8(17)10(11,12)13/h15H,4-6H2,1-3H3. The molecule has 0 aromatic rings. The first kappa shape index (κ1) is 16.7. The van der Waals surface area contributed by atoms with Crippen LogP contribution in [0.2, 0.25) is 0 Å². The van der Waals surface area contributed by atoms with Crippen LogP contribution in [-0.4, -0.2) is 53.9 Å². The molecule has 0 aliphatic carbocycles. The number of alkyl halides is 3. The average Bonchev–Trinajstić information content (AvgIpc) is 2.27. The van der Waals surface area contributed by atoms with Crippen LogP contribution in [0.25, 0.3) is 0 Å². The van der Waals surface area contributed by atoms with Crippen LogP contribution in [0.1, 0.15) is 20.3 Å². The Labute approximate surface area is 103 Å². The van der Waals surface area contributed by atoms with Crippen molar-refractivity contribution in [1.29, 1.82) is 0 Å². The molecule has 0 atom stereocenters. The molecule has 1 N–H and O–H groups in total. The third-order valence-electron chi connectivity index (χ3n) is 2.37. The van der Waals surface area contributed by atoms with E-state index in [4.69, 9.17) is 5.11 Å². The van der Waals surface area contributed by atoms with Crippen LogP contribution in [0.3, 0.4) is 0 Å². The zero-order valence-electron chi connectivity index (χ0n) is 10.4. The number of aliphatic hydroxyl groups is 1. The second kappa shape index (κ2) is 6.03. The fourth-order valence-electron chi connectivity index (χ4n) is 1.22. The molecule has 0 aliphatic heterocycles. The Morgan fingerprint density at radius 3 is 2.11 bits per heavy atom. The van der Waals surface area contributed by atoms with Gasteiger partial charge in [-0.05, 0) is 13.8 Å². The summed E-state index contributed by atoms with van der Waals surface area (Å²) in [6.45, 7) is 1.41. The molecule has 0 saturated heterocycles. The molecule has 1 amide bonds.